The maximum Gasteiger partial charge on any atom is 0.119 e. The number of benzene rings is 1. The molecule has 5 heteroatoms. The lowest BCUT2D eigenvalue weighted by molar-refractivity contribution is -0.107. The van der Waals surface area contributed by atoms with Crippen molar-refractivity contribution < 1.29 is 4.79 Å². The van der Waals surface area contributed by atoms with Crippen LogP contribution in [0.3, 0.4) is 0 Å². The average Bonchev–Trinajstić information content (AvgIpc) is 3.30. The topological polar surface area (TPSA) is 74.4 Å². The molecule has 0 unspecified atom stereocenters. The van der Waals surface area contributed by atoms with Crippen molar-refractivity contribution in [1.82, 2.24) is 20.2 Å². The number of nitrogens with zero attached hydrogens (tertiary/aromatic N) is 2. The zero-order chi connectivity index (χ0) is 16.6. The van der Waals surface area contributed by atoms with Gasteiger partial charge in [0.1, 0.15) is 12.1 Å². The number of aldehydes is 1. The lowest BCUT2D eigenvalue weighted by Crippen LogP contribution is -1.89. The molecule has 0 saturated heterocycles. The van der Waals surface area contributed by atoms with Crippen molar-refractivity contribution in [3.8, 4) is 22.5 Å². The largest absolute Gasteiger partial charge is 0.342 e. The second-order valence-corrected chi connectivity index (χ2v) is 5.91. The molecule has 0 radical (unpaired) electrons. The van der Waals surface area contributed by atoms with E-state index in [-0.39, 0.29) is 0 Å². The lowest BCUT2D eigenvalue weighted by Gasteiger charge is -2.01. The van der Waals surface area contributed by atoms with Gasteiger partial charge in [-0.05, 0) is 30.0 Å². The minimum Gasteiger partial charge on any atom is -0.342 e. The average molecular weight is 322 g/mol. The molecule has 5 nitrogen and oxygen atoms in total. The van der Waals surface area contributed by atoms with Gasteiger partial charge in [0.25, 0.3) is 0 Å². The number of carbonyl (C=O) groups excluding carboxylic acids is 1. The van der Waals surface area contributed by atoms with Crippen LogP contribution in [0.25, 0.3) is 22.5 Å². The highest BCUT2D eigenvalue weighted by atomic mass is 16.1. The monoisotopic (exact) mass is 322 g/mol. The van der Waals surface area contributed by atoms with Crippen LogP contribution in [0.1, 0.15) is 37.9 Å². The standard InChI is InChI=1S/C19H22N4O/c24-13-5-3-1-2-4-6-19-20-14-18(22-19)16-9-7-15(8-10-16)17-11-12-21-23-17/h7-14H,1-6H2,(H,20,22)(H,21,23). The van der Waals surface area contributed by atoms with E-state index in [4.69, 9.17) is 0 Å². The molecular formula is C19H22N4O. The highest BCUT2D eigenvalue weighted by molar-refractivity contribution is 5.66. The first-order valence-electron chi connectivity index (χ1n) is 8.44. The van der Waals surface area contributed by atoms with Crippen LogP contribution in [0.5, 0.6) is 0 Å². The molecule has 0 atom stereocenters. The summed E-state index contributed by atoms with van der Waals surface area (Å²) in [6.07, 6.45) is 10.6. The van der Waals surface area contributed by atoms with Crippen LogP contribution in [0.15, 0.2) is 42.7 Å². The Balaban J connectivity index is 1.54. The van der Waals surface area contributed by atoms with Gasteiger partial charge in [-0.2, -0.15) is 5.10 Å². The Morgan fingerprint density at radius 3 is 2.38 bits per heavy atom. The van der Waals surface area contributed by atoms with Gasteiger partial charge in [-0.3, -0.25) is 5.10 Å². The van der Waals surface area contributed by atoms with Crippen molar-refractivity contribution in [1.29, 1.82) is 0 Å². The van der Waals surface area contributed by atoms with Crippen molar-refractivity contribution in [3.63, 3.8) is 0 Å². The minimum absolute atomic E-state index is 0.680. The van der Waals surface area contributed by atoms with Crippen molar-refractivity contribution in [2.75, 3.05) is 0 Å². The molecule has 1 aromatic carbocycles. The van der Waals surface area contributed by atoms with Gasteiger partial charge in [0, 0.05) is 19.0 Å². The number of rotatable bonds is 9. The number of aryl methyl sites for hydroxylation is 1. The van der Waals surface area contributed by atoms with E-state index in [2.05, 4.69) is 44.4 Å². The summed E-state index contributed by atoms with van der Waals surface area (Å²) < 4.78 is 0. The molecule has 124 valence electrons. The third-order valence-electron chi connectivity index (χ3n) is 4.12. The van der Waals surface area contributed by atoms with E-state index in [1.807, 2.05) is 12.3 Å². The molecule has 0 fully saturated rings. The van der Waals surface area contributed by atoms with Crippen LogP contribution in [0.4, 0.5) is 0 Å². The van der Waals surface area contributed by atoms with Crippen molar-refractivity contribution in [2.24, 2.45) is 0 Å². The van der Waals surface area contributed by atoms with E-state index < -0.39 is 0 Å². The lowest BCUT2D eigenvalue weighted by atomic mass is 10.1. The Kier molecular flexibility index (Phi) is 5.56. The highest BCUT2D eigenvalue weighted by Gasteiger charge is 2.05. The fraction of sp³-hybridized carbons (Fsp3) is 0.316. The number of nitrogens with one attached hydrogen (secondary N) is 2. The van der Waals surface area contributed by atoms with E-state index in [1.165, 1.54) is 0 Å². The molecule has 0 saturated carbocycles. The van der Waals surface area contributed by atoms with E-state index in [9.17, 15) is 4.79 Å². The van der Waals surface area contributed by atoms with Gasteiger partial charge in [0.05, 0.1) is 17.6 Å². The molecule has 24 heavy (non-hydrogen) atoms. The Morgan fingerprint density at radius 2 is 1.67 bits per heavy atom. The molecule has 3 aromatic rings. The van der Waals surface area contributed by atoms with Gasteiger partial charge < -0.3 is 9.78 Å². The fourth-order valence-corrected chi connectivity index (χ4v) is 2.76. The predicted molar refractivity (Wildman–Crippen MR) is 94.5 cm³/mol. The molecule has 0 aliphatic carbocycles. The van der Waals surface area contributed by atoms with Crippen LogP contribution in [0.2, 0.25) is 0 Å². The number of carbonyl (C=O) groups is 1. The summed E-state index contributed by atoms with van der Waals surface area (Å²) in [6.45, 7) is 0. The number of aromatic nitrogens is 4. The summed E-state index contributed by atoms with van der Waals surface area (Å²) in [6, 6.07) is 10.3. The van der Waals surface area contributed by atoms with Crippen LogP contribution >= 0.6 is 0 Å². The summed E-state index contributed by atoms with van der Waals surface area (Å²) in [5, 5.41) is 6.94. The van der Waals surface area contributed by atoms with Gasteiger partial charge in [0.15, 0.2) is 0 Å². The Hall–Kier alpha value is -2.69. The summed E-state index contributed by atoms with van der Waals surface area (Å²) in [7, 11) is 0. The molecule has 0 aliphatic heterocycles. The summed E-state index contributed by atoms with van der Waals surface area (Å²) in [5.74, 6) is 1.03. The smallest absolute Gasteiger partial charge is 0.119 e. The maximum atomic E-state index is 10.3. The number of hydrogen-bond donors (Lipinski definition) is 2. The first-order valence-corrected chi connectivity index (χ1v) is 8.44. The second kappa shape index (κ2) is 8.24. The van der Waals surface area contributed by atoms with Crippen molar-refractivity contribution in [2.45, 2.75) is 38.5 Å². The molecule has 0 bridgehead atoms. The third-order valence-corrected chi connectivity index (χ3v) is 4.12. The number of hydrogen-bond acceptors (Lipinski definition) is 3. The van der Waals surface area contributed by atoms with Gasteiger partial charge in [-0.25, -0.2) is 4.98 Å². The Bertz CT molecular complexity index is 744. The zero-order valence-electron chi connectivity index (χ0n) is 13.7. The molecule has 0 spiro atoms. The SMILES string of the molecule is O=CCCCCCCc1ncc(-c2ccc(-c3ccn[nH]3)cc2)[nH]1. The van der Waals surface area contributed by atoms with Crippen molar-refractivity contribution in [3.05, 3.63) is 48.5 Å². The first-order chi connectivity index (χ1) is 11.9. The van der Waals surface area contributed by atoms with E-state index >= 15 is 0 Å². The summed E-state index contributed by atoms with van der Waals surface area (Å²) >= 11 is 0. The first kappa shape index (κ1) is 16.2. The van der Waals surface area contributed by atoms with Crippen molar-refractivity contribution >= 4 is 6.29 Å². The summed E-state index contributed by atoms with van der Waals surface area (Å²) in [5.41, 5.74) is 4.30. The molecular weight excluding hydrogens is 300 g/mol. The van der Waals surface area contributed by atoms with Crippen LogP contribution < -0.4 is 0 Å². The molecule has 0 aliphatic rings. The third kappa shape index (κ3) is 4.19. The molecule has 2 aromatic heterocycles. The highest BCUT2D eigenvalue weighted by Crippen LogP contribution is 2.22. The number of aromatic amines is 2. The predicted octanol–water partition coefficient (Wildman–Crippen LogP) is 4.16. The maximum absolute atomic E-state index is 10.3. The van der Waals surface area contributed by atoms with Crippen LogP contribution in [-0.2, 0) is 11.2 Å². The number of imidazole rings is 1. The van der Waals surface area contributed by atoms with Crippen LogP contribution in [0, 0.1) is 0 Å². The molecule has 0 amide bonds. The van der Waals surface area contributed by atoms with Gasteiger partial charge in [-0.1, -0.05) is 37.1 Å². The molecule has 2 heterocycles. The van der Waals surface area contributed by atoms with Gasteiger partial charge in [0.2, 0.25) is 0 Å². The normalized spacial score (nSPS) is 10.8. The number of unbranched alkanes of at least 4 members (excludes halogenated alkanes) is 4. The number of H-pyrrole nitrogens is 2. The summed E-state index contributed by atoms with van der Waals surface area (Å²) in [4.78, 5) is 18.1. The zero-order valence-corrected chi connectivity index (χ0v) is 13.7. The van der Waals surface area contributed by atoms with E-state index in [0.717, 1.165) is 66.7 Å². The quantitative estimate of drug-likeness (QED) is 0.459. The Labute approximate surface area is 141 Å². The minimum atomic E-state index is 0.680. The Morgan fingerprint density at radius 1 is 0.917 bits per heavy atom. The van der Waals surface area contributed by atoms with E-state index in [0.29, 0.717) is 6.42 Å². The molecule has 2 N–H and O–H groups in total. The van der Waals surface area contributed by atoms with Crippen LogP contribution in [-0.4, -0.2) is 26.5 Å². The van der Waals surface area contributed by atoms with E-state index in [1.54, 1.807) is 6.20 Å². The van der Waals surface area contributed by atoms with Gasteiger partial charge >= 0.3 is 0 Å². The second-order valence-electron chi connectivity index (χ2n) is 5.91. The molecule has 3 rings (SSSR count). The fourth-order valence-electron chi connectivity index (χ4n) is 2.76. The van der Waals surface area contributed by atoms with Gasteiger partial charge in [-0.15, -0.1) is 0 Å².